The van der Waals surface area contributed by atoms with Gasteiger partial charge in [0, 0.05) is 35.9 Å². The first kappa shape index (κ1) is 18.8. The van der Waals surface area contributed by atoms with Gasteiger partial charge in [0.15, 0.2) is 0 Å². The molecule has 1 aromatic carbocycles. The van der Waals surface area contributed by atoms with Gasteiger partial charge in [0.25, 0.3) is 0 Å². The molecule has 1 aliphatic heterocycles. The number of fused-ring (bicyclic) bond motifs is 1. The minimum atomic E-state index is -3.12. The lowest BCUT2D eigenvalue weighted by molar-refractivity contribution is 0.173. The molecule has 1 saturated carbocycles. The lowest BCUT2D eigenvalue weighted by Gasteiger charge is -2.33. The summed E-state index contributed by atoms with van der Waals surface area (Å²) in [7, 11) is -3.12. The maximum atomic E-state index is 14.1. The van der Waals surface area contributed by atoms with Crippen LogP contribution >= 0.6 is 7.59 Å². The second-order valence-electron chi connectivity index (χ2n) is 7.65. The molecule has 25 heavy (non-hydrogen) atoms. The molecule has 0 radical (unpaired) electrons. The first-order valence-electron chi connectivity index (χ1n) is 9.34. The summed E-state index contributed by atoms with van der Waals surface area (Å²) in [5, 5.41) is 0. The van der Waals surface area contributed by atoms with Gasteiger partial charge in [0.1, 0.15) is 5.82 Å². The van der Waals surface area contributed by atoms with E-state index in [1.807, 2.05) is 0 Å². The van der Waals surface area contributed by atoms with E-state index in [2.05, 4.69) is 41.8 Å². The summed E-state index contributed by atoms with van der Waals surface area (Å²) in [5.41, 5.74) is 0.389. The first-order valence-corrected chi connectivity index (χ1v) is 10.9. The van der Waals surface area contributed by atoms with Gasteiger partial charge in [-0.15, -0.1) is 0 Å². The number of benzene rings is 1. The fourth-order valence-corrected chi connectivity index (χ4v) is 7.69. The Morgan fingerprint density at radius 3 is 2.08 bits per heavy atom. The summed E-state index contributed by atoms with van der Waals surface area (Å²) >= 11 is 0. The summed E-state index contributed by atoms with van der Waals surface area (Å²) in [4.78, 5) is 0. The molecule has 0 bridgehead atoms. The third-order valence-electron chi connectivity index (χ3n) is 5.29. The monoisotopic (exact) mass is 365 g/mol. The van der Waals surface area contributed by atoms with Crippen LogP contribution in [0.15, 0.2) is 29.0 Å². The average molecular weight is 365 g/mol. The van der Waals surface area contributed by atoms with Crippen molar-refractivity contribution in [3.05, 3.63) is 35.6 Å². The Labute approximate surface area is 150 Å². The summed E-state index contributed by atoms with van der Waals surface area (Å²) in [6, 6.07) is 7.34. The van der Waals surface area contributed by atoms with E-state index in [0.29, 0.717) is 5.56 Å². The zero-order valence-corrected chi connectivity index (χ0v) is 16.5. The van der Waals surface area contributed by atoms with Crippen molar-refractivity contribution in [2.24, 2.45) is 4.76 Å². The molecule has 3 rings (SSSR count). The van der Waals surface area contributed by atoms with Gasteiger partial charge in [-0.25, -0.2) is 18.5 Å². The third-order valence-corrected chi connectivity index (χ3v) is 8.42. The molecular formula is C19H29FN3OP. The van der Waals surface area contributed by atoms with Crippen molar-refractivity contribution < 1.29 is 8.96 Å². The maximum Gasteiger partial charge on any atom is 0.330 e. The lowest BCUT2D eigenvalue weighted by Crippen LogP contribution is -2.43. The summed E-state index contributed by atoms with van der Waals surface area (Å²) < 4.78 is 36.9. The minimum absolute atomic E-state index is 0.137. The van der Waals surface area contributed by atoms with Crippen molar-refractivity contribution in [3.63, 3.8) is 0 Å². The van der Waals surface area contributed by atoms with E-state index in [1.54, 1.807) is 18.2 Å². The number of nitrogens with zero attached hydrogens (tertiary/aromatic N) is 3. The molecule has 0 amide bonds. The van der Waals surface area contributed by atoms with Gasteiger partial charge in [-0.2, -0.15) is 0 Å². The molecule has 138 valence electrons. The van der Waals surface area contributed by atoms with Crippen molar-refractivity contribution in [3.8, 4) is 0 Å². The predicted octanol–water partition coefficient (Wildman–Crippen LogP) is 5.10. The van der Waals surface area contributed by atoms with Crippen LogP contribution in [-0.4, -0.2) is 39.7 Å². The van der Waals surface area contributed by atoms with Crippen LogP contribution < -0.4 is 0 Å². The summed E-state index contributed by atoms with van der Waals surface area (Å²) in [5.74, 6) is -0.332. The quantitative estimate of drug-likeness (QED) is 0.550. The number of hydrogen-bond acceptors (Lipinski definition) is 1. The van der Waals surface area contributed by atoms with Gasteiger partial charge in [0.2, 0.25) is 0 Å². The Kier molecular flexibility index (Phi) is 5.48. The van der Waals surface area contributed by atoms with Gasteiger partial charge in [-0.05, 0) is 46.6 Å². The SMILES string of the molecule is CC(C)N1[C@@H]2CCCC[C@H]2N(C(C)C)P1(=O)/N=C/c1ccccc1F. The lowest BCUT2D eigenvalue weighted by atomic mass is 9.89. The highest BCUT2D eigenvalue weighted by Gasteiger charge is 2.56. The molecule has 1 aliphatic carbocycles. The topological polar surface area (TPSA) is 35.9 Å². The van der Waals surface area contributed by atoms with Crippen molar-refractivity contribution in [2.45, 2.75) is 77.5 Å². The summed E-state index contributed by atoms with van der Waals surface area (Å²) in [6.07, 6.45) is 5.94. The molecule has 0 spiro atoms. The Hall–Kier alpha value is -1.03. The van der Waals surface area contributed by atoms with E-state index in [9.17, 15) is 8.96 Å². The van der Waals surface area contributed by atoms with Gasteiger partial charge in [-0.3, -0.25) is 4.57 Å². The maximum absolute atomic E-state index is 14.1. The zero-order valence-electron chi connectivity index (χ0n) is 15.6. The molecule has 2 aliphatic rings. The first-order chi connectivity index (χ1) is 11.9. The van der Waals surface area contributed by atoms with Crippen LogP contribution in [0.2, 0.25) is 0 Å². The second-order valence-corrected chi connectivity index (χ2v) is 9.83. The number of halogens is 1. The summed E-state index contributed by atoms with van der Waals surface area (Å²) in [6.45, 7) is 8.34. The van der Waals surface area contributed by atoms with Crippen LogP contribution in [0.25, 0.3) is 0 Å². The molecule has 2 fully saturated rings. The highest BCUT2D eigenvalue weighted by atomic mass is 31.2. The van der Waals surface area contributed by atoms with Crippen LogP contribution in [-0.2, 0) is 4.57 Å². The van der Waals surface area contributed by atoms with Gasteiger partial charge >= 0.3 is 7.59 Å². The molecule has 0 N–H and O–H groups in total. The van der Waals surface area contributed by atoms with Crippen LogP contribution in [0.4, 0.5) is 4.39 Å². The predicted molar refractivity (Wildman–Crippen MR) is 102 cm³/mol. The molecule has 0 unspecified atom stereocenters. The van der Waals surface area contributed by atoms with Crippen molar-refractivity contribution in [2.75, 3.05) is 0 Å². The van der Waals surface area contributed by atoms with E-state index in [1.165, 1.54) is 25.1 Å². The average Bonchev–Trinajstić information content (AvgIpc) is 2.82. The third kappa shape index (κ3) is 3.34. The fourth-order valence-electron chi connectivity index (χ4n) is 4.42. The normalized spacial score (nSPS) is 27.5. The van der Waals surface area contributed by atoms with Gasteiger partial charge < -0.3 is 0 Å². The Balaban J connectivity index is 2.04. The van der Waals surface area contributed by atoms with Crippen LogP contribution in [0.3, 0.4) is 0 Å². The highest BCUT2D eigenvalue weighted by Crippen LogP contribution is 2.66. The Morgan fingerprint density at radius 1 is 1.08 bits per heavy atom. The molecule has 0 aromatic heterocycles. The largest absolute Gasteiger partial charge is 0.330 e. The fraction of sp³-hybridized carbons (Fsp3) is 0.632. The molecule has 2 atom stereocenters. The Morgan fingerprint density at radius 2 is 1.60 bits per heavy atom. The number of rotatable bonds is 4. The zero-order chi connectivity index (χ0) is 18.2. The second kappa shape index (κ2) is 7.30. The van der Waals surface area contributed by atoms with Gasteiger partial charge in [0.05, 0.1) is 0 Å². The van der Waals surface area contributed by atoms with E-state index in [-0.39, 0.29) is 30.0 Å². The van der Waals surface area contributed by atoms with Crippen LogP contribution in [0.5, 0.6) is 0 Å². The highest BCUT2D eigenvalue weighted by molar-refractivity contribution is 7.58. The Bertz CT molecular complexity index is 663. The van der Waals surface area contributed by atoms with Crippen molar-refractivity contribution in [1.82, 2.24) is 9.34 Å². The van der Waals surface area contributed by atoms with E-state index in [4.69, 9.17) is 0 Å². The standard InChI is InChI=1S/C19H29FN3OP/c1-14(2)22-18-11-7-8-12-19(18)23(15(3)4)25(22,24)21-13-16-9-5-6-10-17(16)20/h5-6,9-10,13-15,18-19H,7-8,11-12H2,1-4H3/b21-13+/t18-,19-/m1/s1. The molecule has 1 heterocycles. The molecule has 4 nitrogen and oxygen atoms in total. The smallest absolute Gasteiger partial charge is 0.262 e. The van der Waals surface area contributed by atoms with Gasteiger partial charge in [-0.1, -0.05) is 31.0 Å². The van der Waals surface area contributed by atoms with Crippen LogP contribution in [0.1, 0.15) is 58.9 Å². The number of hydrogen-bond donors (Lipinski definition) is 0. The molecular weight excluding hydrogens is 336 g/mol. The van der Waals surface area contributed by atoms with E-state index >= 15 is 0 Å². The van der Waals surface area contributed by atoms with Crippen molar-refractivity contribution in [1.29, 1.82) is 0 Å². The molecule has 1 saturated heterocycles. The van der Waals surface area contributed by atoms with Crippen molar-refractivity contribution >= 4 is 13.8 Å². The molecule has 1 aromatic rings. The van der Waals surface area contributed by atoms with E-state index in [0.717, 1.165) is 12.8 Å². The molecule has 6 heteroatoms. The van der Waals surface area contributed by atoms with Crippen LogP contribution in [0, 0.1) is 5.82 Å². The van der Waals surface area contributed by atoms with E-state index < -0.39 is 7.59 Å². The minimum Gasteiger partial charge on any atom is -0.262 e.